The van der Waals surface area contributed by atoms with Crippen molar-refractivity contribution >= 4 is 34.5 Å². The first kappa shape index (κ1) is 17.4. The molecule has 108 valence electrons. The Labute approximate surface area is 115 Å². The fourth-order valence-corrected chi connectivity index (χ4v) is 1.21. The molecule has 0 radical (unpaired) electrons. The Hall–Kier alpha value is -1.63. The van der Waals surface area contributed by atoms with Crippen molar-refractivity contribution in [2.45, 2.75) is 26.4 Å². The SMILES string of the molecule is CON=C(Cl)C(=O)C(C(=O)OC)C(=O)OC(C)(C)C. The summed E-state index contributed by atoms with van der Waals surface area (Å²) in [4.78, 5) is 39.4. The minimum atomic E-state index is -1.82. The van der Waals surface area contributed by atoms with Crippen molar-refractivity contribution in [1.82, 2.24) is 0 Å². The number of esters is 2. The van der Waals surface area contributed by atoms with Crippen molar-refractivity contribution in [2.75, 3.05) is 14.2 Å². The molecule has 19 heavy (non-hydrogen) atoms. The van der Waals surface area contributed by atoms with E-state index in [0.29, 0.717) is 0 Å². The number of carbonyl (C=O) groups is 3. The van der Waals surface area contributed by atoms with Gasteiger partial charge in [-0.25, -0.2) is 0 Å². The fourth-order valence-electron chi connectivity index (χ4n) is 1.03. The third kappa shape index (κ3) is 5.69. The topological polar surface area (TPSA) is 91.3 Å². The number of hydrogen-bond donors (Lipinski definition) is 0. The van der Waals surface area contributed by atoms with E-state index in [1.165, 1.54) is 0 Å². The van der Waals surface area contributed by atoms with E-state index in [1.54, 1.807) is 20.8 Å². The van der Waals surface area contributed by atoms with Gasteiger partial charge in [0.25, 0.3) is 0 Å². The second-order valence-corrected chi connectivity index (χ2v) is 4.78. The van der Waals surface area contributed by atoms with Gasteiger partial charge in [-0.2, -0.15) is 0 Å². The van der Waals surface area contributed by atoms with Crippen molar-refractivity contribution in [2.24, 2.45) is 11.1 Å². The van der Waals surface area contributed by atoms with Crippen LogP contribution in [0.4, 0.5) is 0 Å². The van der Waals surface area contributed by atoms with E-state index in [4.69, 9.17) is 16.3 Å². The number of halogens is 1. The highest BCUT2D eigenvalue weighted by atomic mass is 35.5. The number of oxime groups is 1. The highest BCUT2D eigenvalue weighted by Gasteiger charge is 2.40. The maximum Gasteiger partial charge on any atom is 0.329 e. The van der Waals surface area contributed by atoms with Crippen LogP contribution in [0.3, 0.4) is 0 Å². The van der Waals surface area contributed by atoms with Crippen LogP contribution in [-0.4, -0.2) is 42.7 Å². The van der Waals surface area contributed by atoms with E-state index < -0.39 is 34.4 Å². The minimum Gasteiger partial charge on any atom is -0.468 e. The molecule has 7 nitrogen and oxygen atoms in total. The number of ether oxygens (including phenoxy) is 2. The first-order valence-corrected chi connectivity index (χ1v) is 5.63. The summed E-state index contributed by atoms with van der Waals surface area (Å²) < 4.78 is 9.34. The molecule has 0 saturated heterocycles. The molecule has 0 aliphatic rings. The molecular formula is C11H16ClNO6. The van der Waals surface area contributed by atoms with E-state index >= 15 is 0 Å². The summed E-state index contributed by atoms with van der Waals surface area (Å²) in [6.45, 7) is 4.78. The number of ketones is 1. The maximum atomic E-state index is 11.8. The predicted molar refractivity (Wildman–Crippen MR) is 66.7 cm³/mol. The Morgan fingerprint density at radius 3 is 2.00 bits per heavy atom. The standard InChI is InChI=1S/C11H16ClNO6/c1-11(2,3)19-10(16)6(9(15)17-4)7(14)8(12)13-18-5/h6H,1-5H3. The highest BCUT2D eigenvalue weighted by molar-refractivity contribution is 6.84. The van der Waals surface area contributed by atoms with E-state index in [0.717, 1.165) is 14.2 Å². The molecule has 0 fully saturated rings. The van der Waals surface area contributed by atoms with E-state index in [9.17, 15) is 14.4 Å². The average molecular weight is 294 g/mol. The Kier molecular flexibility index (Phi) is 6.47. The lowest BCUT2D eigenvalue weighted by molar-refractivity contribution is -0.168. The Balaban J connectivity index is 5.24. The van der Waals surface area contributed by atoms with E-state index in [2.05, 4.69) is 14.7 Å². The van der Waals surface area contributed by atoms with Gasteiger partial charge in [-0.15, -0.1) is 0 Å². The smallest absolute Gasteiger partial charge is 0.329 e. The summed E-state index contributed by atoms with van der Waals surface area (Å²) in [5.74, 6) is -5.02. The van der Waals surface area contributed by atoms with Crippen molar-refractivity contribution in [3.63, 3.8) is 0 Å². The van der Waals surface area contributed by atoms with Crippen LogP contribution in [0.5, 0.6) is 0 Å². The molecule has 0 aromatic carbocycles. The third-order valence-electron chi connectivity index (χ3n) is 1.72. The molecule has 0 rings (SSSR count). The second-order valence-electron chi connectivity index (χ2n) is 4.42. The van der Waals surface area contributed by atoms with Crippen LogP contribution in [0.15, 0.2) is 5.16 Å². The Morgan fingerprint density at radius 1 is 1.11 bits per heavy atom. The Morgan fingerprint density at radius 2 is 1.63 bits per heavy atom. The number of carbonyl (C=O) groups excluding carboxylic acids is 3. The van der Waals surface area contributed by atoms with E-state index in [1.807, 2.05) is 0 Å². The highest BCUT2D eigenvalue weighted by Crippen LogP contribution is 2.15. The molecule has 8 heteroatoms. The molecule has 0 aliphatic heterocycles. The maximum absolute atomic E-state index is 11.8. The third-order valence-corrected chi connectivity index (χ3v) is 1.97. The lowest BCUT2D eigenvalue weighted by atomic mass is 10.0. The number of Topliss-reactive ketones (excluding diaryl/α,β-unsaturated/α-hetero) is 1. The molecule has 0 N–H and O–H groups in total. The first-order valence-electron chi connectivity index (χ1n) is 5.25. The minimum absolute atomic E-state index is 0.649. The fraction of sp³-hybridized carbons (Fsp3) is 0.636. The molecule has 0 aromatic heterocycles. The number of methoxy groups -OCH3 is 1. The second kappa shape index (κ2) is 7.08. The number of nitrogens with zero attached hydrogens (tertiary/aromatic N) is 1. The van der Waals surface area contributed by atoms with Gasteiger partial charge in [-0.1, -0.05) is 16.8 Å². The summed E-state index contributed by atoms with van der Waals surface area (Å²) in [7, 11) is 2.20. The van der Waals surface area contributed by atoms with Gasteiger partial charge < -0.3 is 14.3 Å². The summed E-state index contributed by atoms with van der Waals surface area (Å²) in [5.41, 5.74) is -0.867. The van der Waals surface area contributed by atoms with Crippen LogP contribution >= 0.6 is 11.6 Å². The van der Waals surface area contributed by atoms with Gasteiger partial charge >= 0.3 is 11.9 Å². The summed E-state index contributed by atoms with van der Waals surface area (Å²) in [6, 6.07) is 0. The van der Waals surface area contributed by atoms with Gasteiger partial charge in [-0.3, -0.25) is 14.4 Å². The number of hydrogen-bond acceptors (Lipinski definition) is 7. The van der Waals surface area contributed by atoms with Gasteiger partial charge in [0.05, 0.1) is 7.11 Å². The average Bonchev–Trinajstić information content (AvgIpc) is 2.26. The number of rotatable bonds is 5. The van der Waals surface area contributed by atoms with Gasteiger partial charge in [0.2, 0.25) is 16.9 Å². The summed E-state index contributed by atoms with van der Waals surface area (Å²) >= 11 is 5.50. The van der Waals surface area contributed by atoms with Crippen LogP contribution in [0.1, 0.15) is 20.8 Å². The molecule has 0 aromatic rings. The van der Waals surface area contributed by atoms with E-state index in [-0.39, 0.29) is 0 Å². The predicted octanol–water partition coefficient (Wildman–Crippen LogP) is 0.885. The largest absolute Gasteiger partial charge is 0.468 e. The molecule has 0 bridgehead atoms. The van der Waals surface area contributed by atoms with Crippen LogP contribution < -0.4 is 0 Å². The van der Waals surface area contributed by atoms with Crippen LogP contribution in [0.25, 0.3) is 0 Å². The molecule has 1 atom stereocenters. The van der Waals surface area contributed by atoms with Crippen molar-refractivity contribution in [3.8, 4) is 0 Å². The molecular weight excluding hydrogens is 278 g/mol. The monoisotopic (exact) mass is 293 g/mol. The molecule has 0 amide bonds. The quantitative estimate of drug-likeness (QED) is 0.323. The zero-order valence-electron chi connectivity index (χ0n) is 11.4. The summed E-state index contributed by atoms with van der Waals surface area (Å²) in [6.07, 6.45) is 0. The lowest BCUT2D eigenvalue weighted by Crippen LogP contribution is -2.40. The van der Waals surface area contributed by atoms with Gasteiger partial charge in [0, 0.05) is 0 Å². The molecule has 0 heterocycles. The van der Waals surface area contributed by atoms with Crippen molar-refractivity contribution in [1.29, 1.82) is 0 Å². The first-order chi connectivity index (χ1) is 8.64. The van der Waals surface area contributed by atoms with Gasteiger partial charge in [-0.05, 0) is 20.8 Å². The van der Waals surface area contributed by atoms with Crippen LogP contribution in [0, 0.1) is 5.92 Å². The van der Waals surface area contributed by atoms with Crippen LogP contribution in [0.2, 0.25) is 0 Å². The van der Waals surface area contributed by atoms with Gasteiger partial charge in [0.15, 0.2) is 0 Å². The zero-order valence-corrected chi connectivity index (χ0v) is 12.1. The summed E-state index contributed by atoms with van der Waals surface area (Å²) in [5, 5.41) is 2.51. The van der Waals surface area contributed by atoms with Crippen molar-refractivity contribution in [3.05, 3.63) is 0 Å². The van der Waals surface area contributed by atoms with Crippen molar-refractivity contribution < 1.29 is 28.7 Å². The van der Waals surface area contributed by atoms with Crippen LogP contribution in [-0.2, 0) is 28.7 Å². The zero-order chi connectivity index (χ0) is 15.2. The molecule has 0 aliphatic carbocycles. The molecule has 0 saturated carbocycles. The van der Waals surface area contributed by atoms with Gasteiger partial charge in [0.1, 0.15) is 12.7 Å². The Bertz CT molecular complexity index is 398. The molecule has 1 unspecified atom stereocenters. The molecule has 0 spiro atoms. The lowest BCUT2D eigenvalue weighted by Gasteiger charge is -2.22. The normalized spacial score (nSPS) is 13.5.